The van der Waals surface area contributed by atoms with Gasteiger partial charge in [0.2, 0.25) is 18.6 Å². The first kappa shape index (κ1) is 16.5. The Bertz CT molecular complexity index is 1160. The van der Waals surface area contributed by atoms with Crippen LogP contribution in [0.1, 0.15) is 17.0 Å². The van der Waals surface area contributed by atoms with Gasteiger partial charge in [-0.15, -0.1) is 5.10 Å². The number of halogens is 1. The average Bonchev–Trinajstić information content (AvgIpc) is 3.33. The molecule has 5 rings (SSSR count). The Morgan fingerprint density at radius 2 is 1.93 bits per heavy atom. The molecular formula is C20H13ClN4O3. The summed E-state index contributed by atoms with van der Waals surface area (Å²) in [6.45, 7) is 0.123. The molecule has 1 atom stereocenters. The molecule has 0 fully saturated rings. The first-order chi connectivity index (χ1) is 13.7. The molecule has 3 N–H and O–H groups in total. The van der Waals surface area contributed by atoms with E-state index in [9.17, 15) is 5.26 Å². The molecule has 0 spiro atoms. The van der Waals surface area contributed by atoms with E-state index < -0.39 is 5.92 Å². The number of rotatable bonds is 2. The quantitative estimate of drug-likeness (QED) is 0.689. The second-order valence-corrected chi connectivity index (χ2v) is 6.74. The number of nitriles is 1. The van der Waals surface area contributed by atoms with Crippen molar-refractivity contribution >= 4 is 11.6 Å². The van der Waals surface area contributed by atoms with Crippen LogP contribution in [0.3, 0.4) is 0 Å². The van der Waals surface area contributed by atoms with Crippen molar-refractivity contribution in [2.75, 3.05) is 6.79 Å². The molecule has 2 aliphatic rings. The van der Waals surface area contributed by atoms with Gasteiger partial charge in [-0.1, -0.05) is 41.9 Å². The predicted octanol–water partition coefficient (Wildman–Crippen LogP) is 3.68. The maximum atomic E-state index is 9.80. The Labute approximate surface area is 164 Å². The van der Waals surface area contributed by atoms with Crippen LogP contribution in [0.5, 0.6) is 17.4 Å². The summed E-state index contributed by atoms with van der Waals surface area (Å²) in [5.41, 5.74) is 9.27. The number of aromatic amines is 1. The third kappa shape index (κ3) is 2.39. The van der Waals surface area contributed by atoms with E-state index >= 15 is 0 Å². The van der Waals surface area contributed by atoms with Gasteiger partial charge in [0.05, 0.1) is 17.2 Å². The van der Waals surface area contributed by atoms with E-state index in [0.717, 1.165) is 11.3 Å². The van der Waals surface area contributed by atoms with E-state index in [-0.39, 0.29) is 18.2 Å². The molecule has 2 aliphatic heterocycles. The molecule has 7 nitrogen and oxygen atoms in total. The molecule has 0 unspecified atom stereocenters. The minimum Gasteiger partial charge on any atom is -0.454 e. The summed E-state index contributed by atoms with van der Waals surface area (Å²) < 4.78 is 16.5. The fourth-order valence-electron chi connectivity index (χ4n) is 3.54. The summed E-state index contributed by atoms with van der Waals surface area (Å²) in [6, 6.07) is 15.3. The number of hydrogen-bond acceptors (Lipinski definition) is 6. The Balaban J connectivity index is 1.76. The van der Waals surface area contributed by atoms with Crippen molar-refractivity contribution in [2.45, 2.75) is 5.92 Å². The van der Waals surface area contributed by atoms with Gasteiger partial charge in [0.25, 0.3) is 0 Å². The van der Waals surface area contributed by atoms with Crippen molar-refractivity contribution in [1.82, 2.24) is 10.2 Å². The minimum absolute atomic E-state index is 0.000143. The number of fused-ring (bicyclic) bond motifs is 2. The Kier molecular flexibility index (Phi) is 3.67. The van der Waals surface area contributed by atoms with Crippen LogP contribution < -0.4 is 19.9 Å². The van der Waals surface area contributed by atoms with Crippen LogP contribution in [-0.2, 0) is 0 Å². The number of nitrogens with zero attached hydrogens (tertiary/aromatic N) is 2. The molecule has 138 valence electrons. The SMILES string of the molecule is N#CC1=C(N)Oc2n[nH]c(-c3ccccc3)c2[C@@H]1c1cc2c(cc1Cl)OCO2. The number of hydrogen-bond donors (Lipinski definition) is 2. The molecule has 28 heavy (non-hydrogen) atoms. The summed E-state index contributed by atoms with van der Waals surface area (Å²) in [5, 5.41) is 17.5. The lowest BCUT2D eigenvalue weighted by Crippen LogP contribution is -2.21. The van der Waals surface area contributed by atoms with Crippen molar-refractivity contribution < 1.29 is 14.2 Å². The second-order valence-electron chi connectivity index (χ2n) is 6.34. The molecule has 2 aromatic carbocycles. The normalized spacial score (nSPS) is 17.1. The van der Waals surface area contributed by atoms with Gasteiger partial charge in [-0.05, 0) is 17.2 Å². The zero-order chi connectivity index (χ0) is 19.3. The van der Waals surface area contributed by atoms with Crippen molar-refractivity contribution in [2.24, 2.45) is 5.73 Å². The van der Waals surface area contributed by atoms with Crippen LogP contribution in [0.2, 0.25) is 5.02 Å². The molecular weight excluding hydrogens is 380 g/mol. The van der Waals surface area contributed by atoms with Gasteiger partial charge in [0.1, 0.15) is 11.6 Å². The summed E-state index contributed by atoms with van der Waals surface area (Å²) in [6.07, 6.45) is 0. The Morgan fingerprint density at radius 1 is 1.18 bits per heavy atom. The molecule has 3 heterocycles. The molecule has 0 bridgehead atoms. The van der Waals surface area contributed by atoms with Crippen molar-refractivity contribution in [3.8, 4) is 34.7 Å². The number of allylic oxidation sites excluding steroid dienone is 1. The molecule has 1 aromatic heterocycles. The van der Waals surface area contributed by atoms with Gasteiger partial charge >= 0.3 is 0 Å². The summed E-state index contributed by atoms with van der Waals surface area (Å²) in [7, 11) is 0. The second kappa shape index (κ2) is 6.22. The first-order valence-electron chi connectivity index (χ1n) is 8.47. The monoisotopic (exact) mass is 392 g/mol. The highest BCUT2D eigenvalue weighted by Gasteiger charge is 2.37. The van der Waals surface area contributed by atoms with Crippen LogP contribution in [0.15, 0.2) is 53.9 Å². The number of nitrogens with one attached hydrogen (secondary N) is 1. The lowest BCUT2D eigenvalue weighted by molar-refractivity contribution is 0.174. The lowest BCUT2D eigenvalue weighted by Gasteiger charge is -2.25. The molecule has 0 radical (unpaired) electrons. The largest absolute Gasteiger partial charge is 0.454 e. The minimum atomic E-state index is -0.565. The highest BCUT2D eigenvalue weighted by molar-refractivity contribution is 6.31. The van der Waals surface area contributed by atoms with Gasteiger partial charge in [-0.25, -0.2) is 0 Å². The Hall–Kier alpha value is -3.63. The molecule has 0 saturated carbocycles. The van der Waals surface area contributed by atoms with E-state index in [1.54, 1.807) is 12.1 Å². The zero-order valence-corrected chi connectivity index (χ0v) is 15.2. The molecule has 0 saturated heterocycles. The summed E-state index contributed by atoms with van der Waals surface area (Å²) in [4.78, 5) is 0. The van der Waals surface area contributed by atoms with Gasteiger partial charge in [-0.2, -0.15) is 5.26 Å². The van der Waals surface area contributed by atoms with E-state index in [2.05, 4.69) is 16.3 Å². The number of H-pyrrole nitrogens is 1. The predicted molar refractivity (Wildman–Crippen MR) is 101 cm³/mol. The maximum absolute atomic E-state index is 9.80. The Morgan fingerprint density at radius 3 is 2.68 bits per heavy atom. The number of nitrogens with two attached hydrogens (primary N) is 1. The topological polar surface area (TPSA) is 106 Å². The van der Waals surface area contributed by atoms with Crippen LogP contribution in [0.4, 0.5) is 0 Å². The van der Waals surface area contributed by atoms with E-state index in [0.29, 0.717) is 33.5 Å². The number of ether oxygens (including phenoxy) is 3. The zero-order valence-electron chi connectivity index (χ0n) is 14.4. The molecule has 0 aliphatic carbocycles. The average molecular weight is 393 g/mol. The maximum Gasteiger partial charge on any atom is 0.244 e. The van der Waals surface area contributed by atoms with Crippen LogP contribution in [0.25, 0.3) is 11.3 Å². The third-order valence-electron chi connectivity index (χ3n) is 4.80. The van der Waals surface area contributed by atoms with Gasteiger partial charge in [0.15, 0.2) is 11.5 Å². The van der Waals surface area contributed by atoms with Gasteiger partial charge < -0.3 is 19.9 Å². The van der Waals surface area contributed by atoms with Gasteiger partial charge in [-0.3, -0.25) is 5.10 Å². The molecule has 8 heteroatoms. The van der Waals surface area contributed by atoms with E-state index in [4.69, 9.17) is 31.5 Å². The standard InChI is InChI=1S/C20H13ClN4O3/c21-13-7-15-14(26-9-27-15)6-11(13)16-12(8-22)19(23)28-20-17(16)18(24-25-20)10-4-2-1-3-5-10/h1-7,16H,9,23H2,(H,24,25)/t16-/m1/s1. The lowest BCUT2D eigenvalue weighted by atomic mass is 9.83. The highest BCUT2D eigenvalue weighted by atomic mass is 35.5. The fraction of sp³-hybridized carbons (Fsp3) is 0.100. The highest BCUT2D eigenvalue weighted by Crippen LogP contribution is 2.49. The third-order valence-corrected chi connectivity index (χ3v) is 5.13. The summed E-state index contributed by atoms with van der Waals surface area (Å²) >= 11 is 6.56. The first-order valence-corrected chi connectivity index (χ1v) is 8.85. The molecule has 3 aromatic rings. The van der Waals surface area contributed by atoms with E-state index in [1.165, 1.54) is 0 Å². The van der Waals surface area contributed by atoms with Crippen LogP contribution in [-0.4, -0.2) is 17.0 Å². The van der Waals surface area contributed by atoms with Crippen molar-refractivity contribution in [3.63, 3.8) is 0 Å². The van der Waals surface area contributed by atoms with Crippen LogP contribution >= 0.6 is 11.6 Å². The van der Waals surface area contributed by atoms with Gasteiger partial charge in [0, 0.05) is 11.1 Å². The fourth-order valence-corrected chi connectivity index (χ4v) is 3.80. The van der Waals surface area contributed by atoms with E-state index in [1.807, 2.05) is 30.3 Å². The number of benzene rings is 2. The smallest absolute Gasteiger partial charge is 0.244 e. The van der Waals surface area contributed by atoms with Crippen LogP contribution in [0, 0.1) is 11.3 Å². The van der Waals surface area contributed by atoms with Crippen molar-refractivity contribution in [1.29, 1.82) is 5.26 Å². The number of aromatic nitrogens is 2. The molecule has 0 amide bonds. The summed E-state index contributed by atoms with van der Waals surface area (Å²) in [5.74, 6) is 0.874. The van der Waals surface area contributed by atoms with Crippen molar-refractivity contribution in [3.05, 3.63) is 70.1 Å².